The SMILES string of the molecule is CCCC.CCCC.CCCCC(CC)COC(=O)CS.CCCCC(CC)COC(=O)CS.[Sn]. The number of hydrogen-bond acceptors (Lipinski definition) is 6. The Kier molecular flexibility index (Phi) is 53.9. The summed E-state index contributed by atoms with van der Waals surface area (Å²) < 4.78 is 10.1. The summed E-state index contributed by atoms with van der Waals surface area (Å²) in [4.78, 5) is 21.6. The van der Waals surface area contributed by atoms with Gasteiger partial charge in [-0.25, -0.2) is 0 Å². The average molecular weight is 644 g/mol. The van der Waals surface area contributed by atoms with E-state index in [1.165, 1.54) is 51.4 Å². The van der Waals surface area contributed by atoms with E-state index in [2.05, 4.69) is 80.6 Å². The maximum absolute atomic E-state index is 10.8. The molecule has 2 atom stereocenters. The van der Waals surface area contributed by atoms with Gasteiger partial charge in [-0.2, -0.15) is 25.3 Å². The van der Waals surface area contributed by atoms with Crippen molar-refractivity contribution in [1.29, 1.82) is 0 Å². The van der Waals surface area contributed by atoms with Gasteiger partial charge in [-0.05, 0) is 24.7 Å². The predicted octanol–water partition coefficient (Wildman–Crippen LogP) is 8.58. The fourth-order valence-corrected chi connectivity index (χ4v) is 2.49. The van der Waals surface area contributed by atoms with Gasteiger partial charge in [0.1, 0.15) is 0 Å². The van der Waals surface area contributed by atoms with Gasteiger partial charge in [0, 0.05) is 23.9 Å². The van der Waals surface area contributed by atoms with Crippen molar-refractivity contribution in [3.63, 3.8) is 0 Å². The normalized spacial score (nSPS) is 11.0. The first-order chi connectivity index (χ1) is 16.3. The standard InChI is InChI=1S/2C10H20O2S.2C4H10.Sn/c2*1-3-5-6-9(4-2)7-12-10(11)8-13;2*1-3-4-2;/h2*9,13H,3-8H2,1-2H3;2*3-4H2,1-2H3;. The molecule has 0 aromatic rings. The molecule has 0 aromatic heterocycles. The van der Waals surface area contributed by atoms with E-state index < -0.39 is 0 Å². The topological polar surface area (TPSA) is 52.6 Å². The molecule has 0 saturated carbocycles. The molecule has 0 bridgehead atoms. The molecule has 0 fully saturated rings. The summed E-state index contributed by atoms with van der Waals surface area (Å²) in [5.74, 6) is 1.01. The van der Waals surface area contributed by atoms with Crippen molar-refractivity contribution in [3.8, 4) is 0 Å². The van der Waals surface area contributed by atoms with Crippen LogP contribution in [0.3, 0.4) is 0 Å². The number of thiol groups is 2. The summed E-state index contributed by atoms with van der Waals surface area (Å²) in [5, 5.41) is 0. The van der Waals surface area contributed by atoms with E-state index in [0.717, 1.165) is 25.7 Å². The van der Waals surface area contributed by atoms with E-state index in [9.17, 15) is 9.59 Å². The van der Waals surface area contributed by atoms with Crippen LogP contribution in [0.1, 0.15) is 132 Å². The molecule has 2 unspecified atom stereocenters. The van der Waals surface area contributed by atoms with E-state index in [4.69, 9.17) is 9.47 Å². The molecule has 0 aliphatic rings. The summed E-state index contributed by atoms with van der Waals surface area (Å²) in [6.45, 7) is 18.5. The second kappa shape index (κ2) is 41.6. The Morgan fingerprint density at radius 3 is 1.03 bits per heavy atom. The molecule has 0 aliphatic carbocycles. The largest absolute Gasteiger partial charge is 0.465 e. The molecule has 7 heteroatoms. The maximum atomic E-state index is 10.8. The zero-order chi connectivity index (χ0) is 27.0. The molecule has 0 rings (SSSR count). The first-order valence-electron chi connectivity index (χ1n) is 13.8. The fraction of sp³-hybridized carbons (Fsp3) is 0.929. The van der Waals surface area contributed by atoms with Crippen molar-refractivity contribution in [1.82, 2.24) is 0 Å². The number of unbranched alkanes of at least 4 members (excludes halogenated alkanes) is 4. The minimum absolute atomic E-state index is 0. The molecule has 0 saturated heterocycles. The molecule has 4 radical (unpaired) electrons. The number of carbonyl (C=O) groups is 2. The molecule has 212 valence electrons. The fourth-order valence-electron chi connectivity index (χ4n) is 2.31. The van der Waals surface area contributed by atoms with Gasteiger partial charge >= 0.3 is 11.9 Å². The van der Waals surface area contributed by atoms with Crippen molar-refractivity contribution in [3.05, 3.63) is 0 Å². The van der Waals surface area contributed by atoms with Crippen molar-refractivity contribution in [2.45, 2.75) is 132 Å². The van der Waals surface area contributed by atoms with Crippen LogP contribution in [0.25, 0.3) is 0 Å². The van der Waals surface area contributed by atoms with Crippen LogP contribution in [-0.2, 0) is 19.1 Å². The van der Waals surface area contributed by atoms with Gasteiger partial charge in [-0.15, -0.1) is 0 Å². The van der Waals surface area contributed by atoms with Gasteiger partial charge in [-0.1, -0.05) is 120 Å². The molecule has 0 spiro atoms. The quantitative estimate of drug-likeness (QED) is 0.101. The number of carbonyl (C=O) groups excluding carboxylic acids is 2. The van der Waals surface area contributed by atoms with Crippen molar-refractivity contribution < 1.29 is 19.1 Å². The van der Waals surface area contributed by atoms with Crippen LogP contribution in [-0.4, -0.2) is 60.6 Å². The van der Waals surface area contributed by atoms with Crippen LogP contribution in [0.4, 0.5) is 0 Å². The third-order valence-corrected chi connectivity index (χ3v) is 5.82. The van der Waals surface area contributed by atoms with Crippen molar-refractivity contribution >= 4 is 61.1 Å². The minimum atomic E-state index is -0.210. The third kappa shape index (κ3) is 44.8. The second-order valence-electron chi connectivity index (χ2n) is 8.52. The molecule has 0 N–H and O–H groups in total. The number of esters is 2. The van der Waals surface area contributed by atoms with Gasteiger partial charge in [-0.3, -0.25) is 9.59 Å². The van der Waals surface area contributed by atoms with Crippen LogP contribution in [0.15, 0.2) is 0 Å². The maximum Gasteiger partial charge on any atom is 0.315 e. The van der Waals surface area contributed by atoms with Gasteiger partial charge in [0.2, 0.25) is 0 Å². The van der Waals surface area contributed by atoms with Crippen molar-refractivity contribution in [2.75, 3.05) is 24.7 Å². The predicted molar refractivity (Wildman–Crippen MR) is 163 cm³/mol. The summed E-state index contributed by atoms with van der Waals surface area (Å²) in [6, 6.07) is 0. The first kappa shape index (κ1) is 45.4. The molecule has 0 aliphatic heterocycles. The average Bonchev–Trinajstić information content (AvgIpc) is 2.89. The summed E-state index contributed by atoms with van der Waals surface area (Å²) in [7, 11) is 0. The molecule has 0 aromatic carbocycles. The number of hydrogen-bond donors (Lipinski definition) is 2. The zero-order valence-electron chi connectivity index (χ0n) is 24.5. The van der Waals surface area contributed by atoms with Crippen molar-refractivity contribution in [2.24, 2.45) is 11.8 Å². The monoisotopic (exact) mass is 644 g/mol. The first-order valence-corrected chi connectivity index (χ1v) is 15.1. The molecular formula is C28H60O4S2Sn. The summed E-state index contributed by atoms with van der Waals surface area (Å²) in [6.07, 6.45) is 14.6. The zero-order valence-corrected chi connectivity index (χ0v) is 29.1. The molecule has 0 amide bonds. The van der Waals surface area contributed by atoms with Crippen LogP contribution >= 0.6 is 25.3 Å². The molecule has 35 heavy (non-hydrogen) atoms. The summed E-state index contributed by atoms with van der Waals surface area (Å²) >= 11 is 7.69. The Labute approximate surface area is 248 Å². The Balaban J connectivity index is -0.000000128. The van der Waals surface area contributed by atoms with E-state index >= 15 is 0 Å². The van der Waals surface area contributed by atoms with E-state index in [-0.39, 0.29) is 47.4 Å². The summed E-state index contributed by atoms with van der Waals surface area (Å²) in [5.41, 5.74) is 0. The van der Waals surface area contributed by atoms with Crippen LogP contribution in [0.2, 0.25) is 0 Å². The Morgan fingerprint density at radius 2 is 0.857 bits per heavy atom. The Hall–Kier alpha value is 0.439. The van der Waals surface area contributed by atoms with Crippen LogP contribution in [0.5, 0.6) is 0 Å². The van der Waals surface area contributed by atoms with E-state index in [0.29, 0.717) is 25.0 Å². The Bertz CT molecular complexity index is 359. The van der Waals surface area contributed by atoms with E-state index in [1.54, 1.807) is 0 Å². The number of rotatable bonds is 16. The molecule has 4 nitrogen and oxygen atoms in total. The van der Waals surface area contributed by atoms with Crippen LogP contribution < -0.4 is 0 Å². The van der Waals surface area contributed by atoms with Gasteiger partial charge in [0.15, 0.2) is 0 Å². The smallest absolute Gasteiger partial charge is 0.315 e. The molecule has 0 heterocycles. The third-order valence-electron chi connectivity index (χ3n) is 5.30. The minimum Gasteiger partial charge on any atom is -0.465 e. The van der Waals surface area contributed by atoms with Gasteiger partial charge in [0.25, 0.3) is 0 Å². The van der Waals surface area contributed by atoms with Crippen LogP contribution in [0, 0.1) is 11.8 Å². The molecular weight excluding hydrogens is 583 g/mol. The van der Waals surface area contributed by atoms with Gasteiger partial charge < -0.3 is 9.47 Å². The van der Waals surface area contributed by atoms with E-state index in [1.807, 2.05) is 0 Å². The Morgan fingerprint density at radius 1 is 0.571 bits per heavy atom. The van der Waals surface area contributed by atoms with Gasteiger partial charge in [0.05, 0.1) is 24.7 Å². The second-order valence-corrected chi connectivity index (χ2v) is 9.15. The number of ether oxygens (including phenoxy) is 2.